The topological polar surface area (TPSA) is 0 Å². The van der Waals surface area contributed by atoms with Crippen LogP contribution >= 0.6 is 0 Å². The van der Waals surface area contributed by atoms with Gasteiger partial charge in [0.15, 0.2) is 14.7 Å². The van der Waals surface area contributed by atoms with E-state index in [0.717, 1.165) is 12.8 Å². The summed E-state index contributed by atoms with van der Waals surface area (Å²) >= 11 is 0. The highest BCUT2D eigenvalue weighted by Crippen LogP contribution is 2.53. The molecule has 0 fully saturated rings. The van der Waals surface area contributed by atoms with Crippen LogP contribution in [0.25, 0.3) is 11.1 Å². The predicted octanol–water partition coefficient (Wildman–Crippen LogP) is 8.18. The molecule has 31 heavy (non-hydrogen) atoms. The van der Waals surface area contributed by atoms with Gasteiger partial charge in [-0.2, -0.15) is 0 Å². The van der Waals surface area contributed by atoms with E-state index in [1.807, 2.05) is 0 Å². The molecule has 5 rings (SSSR count). The number of fused-ring (bicyclic) bond motifs is 3. The lowest BCUT2D eigenvalue weighted by Gasteiger charge is -2.29. The highest BCUT2D eigenvalue weighted by atomic mass is 32.2. The minimum Gasteiger partial charge on any atom is -0.0642 e. The number of benzene rings is 4. The summed E-state index contributed by atoms with van der Waals surface area (Å²) in [4.78, 5) is 4.13. The average molecular weight is 422 g/mol. The van der Waals surface area contributed by atoms with E-state index in [9.17, 15) is 0 Å². The molecule has 0 nitrogen and oxygen atoms in total. The van der Waals surface area contributed by atoms with Gasteiger partial charge < -0.3 is 0 Å². The molecule has 0 aliphatic heterocycles. The molecule has 0 bridgehead atoms. The molecule has 0 spiro atoms. The van der Waals surface area contributed by atoms with Crippen molar-refractivity contribution < 1.29 is 0 Å². The van der Waals surface area contributed by atoms with Crippen molar-refractivity contribution >= 4 is 10.9 Å². The number of hydrogen-bond donors (Lipinski definition) is 0. The van der Waals surface area contributed by atoms with E-state index >= 15 is 0 Å². The molecule has 0 unspecified atom stereocenters. The maximum atomic E-state index is 2.49. The Balaban J connectivity index is 1.73. The molecule has 1 aliphatic carbocycles. The molecule has 1 aliphatic rings. The second-order valence-corrected chi connectivity index (χ2v) is 10.5. The third-order valence-electron chi connectivity index (χ3n) is 6.89. The molecule has 0 atom stereocenters. The molecule has 0 heterocycles. The van der Waals surface area contributed by atoms with Gasteiger partial charge in [0.25, 0.3) is 0 Å². The third kappa shape index (κ3) is 3.23. The van der Waals surface area contributed by atoms with Gasteiger partial charge in [-0.3, -0.25) is 0 Å². The van der Waals surface area contributed by atoms with Crippen molar-refractivity contribution in [1.82, 2.24) is 0 Å². The summed E-state index contributed by atoms with van der Waals surface area (Å²) in [6.07, 6.45) is 2.27. The lowest BCUT2D eigenvalue weighted by atomic mass is 9.73. The summed E-state index contributed by atoms with van der Waals surface area (Å²) in [5.41, 5.74) is 7.37. The molecule has 0 aromatic heterocycles. The summed E-state index contributed by atoms with van der Waals surface area (Å²) in [6.45, 7) is 6.90. The van der Waals surface area contributed by atoms with Gasteiger partial charge in [0.05, 0.1) is 10.9 Å². The van der Waals surface area contributed by atoms with Crippen LogP contribution in [0.4, 0.5) is 0 Å². The van der Waals surface area contributed by atoms with E-state index in [2.05, 4.69) is 118 Å². The normalized spacial score (nSPS) is 13.8. The van der Waals surface area contributed by atoms with Crippen LogP contribution in [0.3, 0.4) is 0 Å². The molecule has 154 valence electrons. The van der Waals surface area contributed by atoms with Crippen molar-refractivity contribution in [2.75, 3.05) is 0 Å². The monoisotopic (exact) mass is 421 g/mol. The Bertz CT molecular complexity index is 1160. The number of rotatable bonds is 5. The fraction of sp³-hybridized carbons (Fsp3) is 0.200. The van der Waals surface area contributed by atoms with Gasteiger partial charge in [0.1, 0.15) is 0 Å². The Morgan fingerprint density at radius 3 is 1.77 bits per heavy atom. The summed E-state index contributed by atoms with van der Waals surface area (Å²) in [6, 6.07) is 36.3. The van der Waals surface area contributed by atoms with Crippen molar-refractivity contribution in [2.24, 2.45) is 0 Å². The first-order valence-electron chi connectivity index (χ1n) is 11.3. The van der Waals surface area contributed by atoms with Crippen LogP contribution in [-0.4, -0.2) is 0 Å². The van der Waals surface area contributed by atoms with Crippen LogP contribution in [0, 0.1) is 6.92 Å². The largest absolute Gasteiger partial charge is 0.167 e. The van der Waals surface area contributed by atoms with E-state index < -0.39 is 0 Å². The lowest BCUT2D eigenvalue weighted by molar-refractivity contribution is 0.490. The maximum Gasteiger partial charge on any atom is 0.167 e. The smallest absolute Gasteiger partial charge is 0.0642 e. The van der Waals surface area contributed by atoms with Crippen LogP contribution in [0.5, 0.6) is 0 Å². The first-order valence-corrected chi connectivity index (χ1v) is 12.5. The Labute approximate surface area is 189 Å². The molecule has 4 aromatic rings. The molecule has 0 saturated carbocycles. The fourth-order valence-corrected chi connectivity index (χ4v) is 7.37. The van der Waals surface area contributed by atoms with Gasteiger partial charge in [-0.1, -0.05) is 80.1 Å². The Morgan fingerprint density at radius 1 is 0.581 bits per heavy atom. The predicted molar refractivity (Wildman–Crippen MR) is 133 cm³/mol. The minimum absolute atomic E-state index is 0.117. The maximum absolute atomic E-state index is 2.49. The first-order chi connectivity index (χ1) is 15.2. The molecule has 1 heteroatoms. The van der Waals surface area contributed by atoms with E-state index in [0.29, 0.717) is 0 Å². The minimum atomic E-state index is -0.117. The van der Waals surface area contributed by atoms with E-state index in [-0.39, 0.29) is 16.3 Å². The summed E-state index contributed by atoms with van der Waals surface area (Å²) < 4.78 is 0. The van der Waals surface area contributed by atoms with Crippen molar-refractivity contribution in [1.29, 1.82) is 0 Å². The molecule has 0 amide bonds. The average Bonchev–Trinajstić information content (AvgIpc) is 3.09. The molecular weight excluding hydrogens is 392 g/mol. The van der Waals surface area contributed by atoms with Crippen LogP contribution < -0.4 is 0 Å². The van der Waals surface area contributed by atoms with Gasteiger partial charge in [-0.15, -0.1) is 0 Å². The zero-order chi connectivity index (χ0) is 21.4. The van der Waals surface area contributed by atoms with Gasteiger partial charge >= 0.3 is 0 Å². The first kappa shape index (κ1) is 20.2. The van der Waals surface area contributed by atoms with Gasteiger partial charge in [-0.05, 0) is 72.4 Å². The summed E-state index contributed by atoms with van der Waals surface area (Å²) in [7, 11) is -0.117. The second kappa shape index (κ2) is 8.05. The summed E-state index contributed by atoms with van der Waals surface area (Å²) in [5.74, 6) is 0. The number of aryl methyl sites for hydroxylation is 1. The van der Waals surface area contributed by atoms with E-state index in [1.54, 1.807) is 0 Å². The van der Waals surface area contributed by atoms with Crippen molar-refractivity contribution in [3.8, 4) is 11.1 Å². The fourth-order valence-electron chi connectivity index (χ4n) is 5.26. The molecular formula is C30H29S+. The molecule has 4 aromatic carbocycles. The third-order valence-corrected chi connectivity index (χ3v) is 9.10. The quantitative estimate of drug-likeness (QED) is 0.285. The van der Waals surface area contributed by atoms with Crippen LogP contribution in [0.2, 0.25) is 0 Å². The molecule has 0 N–H and O–H groups in total. The van der Waals surface area contributed by atoms with Crippen molar-refractivity contribution in [3.63, 3.8) is 0 Å². The van der Waals surface area contributed by atoms with E-state index in [4.69, 9.17) is 0 Å². The van der Waals surface area contributed by atoms with Crippen LogP contribution in [0.15, 0.2) is 112 Å². The van der Waals surface area contributed by atoms with Crippen LogP contribution in [0.1, 0.15) is 43.4 Å². The highest BCUT2D eigenvalue weighted by molar-refractivity contribution is 7.97. The van der Waals surface area contributed by atoms with Crippen molar-refractivity contribution in [3.05, 3.63) is 114 Å². The SMILES string of the molecule is CCC1(CC)c2ccc([S+](c3ccccc3)c3ccccc3)cc2-c2ccc(C)cc21. The van der Waals surface area contributed by atoms with Gasteiger partial charge in [0.2, 0.25) is 0 Å². The van der Waals surface area contributed by atoms with Gasteiger partial charge in [0, 0.05) is 11.5 Å². The standard InChI is InChI=1S/C30H29S/c1-4-30(5-2)28-19-17-25(21-27(28)26-18-16-22(3)20-29(26)30)31(23-12-8-6-9-13-23)24-14-10-7-11-15-24/h6-21H,4-5H2,1-3H3/q+1. The molecule has 0 saturated heterocycles. The zero-order valence-electron chi connectivity index (χ0n) is 18.6. The Hall–Kier alpha value is -2.77. The Kier molecular flexibility index (Phi) is 5.24. The van der Waals surface area contributed by atoms with Crippen LogP contribution in [-0.2, 0) is 16.3 Å². The second-order valence-electron chi connectivity index (χ2n) is 8.48. The Morgan fingerprint density at radius 2 is 1.19 bits per heavy atom. The molecule has 0 radical (unpaired) electrons. The van der Waals surface area contributed by atoms with Gasteiger partial charge in [-0.25, -0.2) is 0 Å². The highest BCUT2D eigenvalue weighted by Gasteiger charge is 2.41. The van der Waals surface area contributed by atoms with Crippen molar-refractivity contribution in [2.45, 2.75) is 53.7 Å². The van der Waals surface area contributed by atoms with E-state index in [1.165, 1.54) is 42.5 Å². The lowest BCUT2D eigenvalue weighted by Crippen LogP contribution is -2.23. The number of hydrogen-bond acceptors (Lipinski definition) is 0. The zero-order valence-corrected chi connectivity index (χ0v) is 19.4. The summed E-state index contributed by atoms with van der Waals surface area (Å²) in [5, 5.41) is 0.